The molecular weight excluding hydrogens is 370 g/mol. The Morgan fingerprint density at radius 2 is 2.21 bits per heavy atom. The first kappa shape index (κ1) is 17.4. The number of aromatic nitrogens is 5. The largest absolute Gasteiger partial charge is 0.360 e. The molecule has 0 radical (unpaired) electrons. The van der Waals surface area contributed by atoms with E-state index in [-0.39, 0.29) is 5.91 Å². The van der Waals surface area contributed by atoms with Gasteiger partial charge in [0.25, 0.3) is 5.91 Å². The molecule has 0 spiro atoms. The highest BCUT2D eigenvalue weighted by Crippen LogP contribution is 2.29. The third-order valence-corrected chi connectivity index (χ3v) is 5.07. The lowest BCUT2D eigenvalue weighted by Crippen LogP contribution is -2.33. The van der Waals surface area contributed by atoms with Crippen LogP contribution in [-0.2, 0) is 19.4 Å². The summed E-state index contributed by atoms with van der Waals surface area (Å²) in [5.74, 6) is 1.36. The standard InChI is InChI=1S/C20H19N7O2/c28-20(23-8-4-13-3-1-2-7-21-13)17-15-11-27(10-6-16(15)29-26-17)19-14-5-9-22-18(14)24-12-25-19/h1-3,5,7,9,12H,4,6,8,10-11H2,(H,23,28)(H,22,24,25). The zero-order chi connectivity index (χ0) is 19.6. The summed E-state index contributed by atoms with van der Waals surface area (Å²) in [7, 11) is 0. The topological polar surface area (TPSA) is 113 Å². The van der Waals surface area contributed by atoms with E-state index in [1.54, 1.807) is 12.5 Å². The fraction of sp³-hybridized carbons (Fsp3) is 0.250. The van der Waals surface area contributed by atoms with Gasteiger partial charge in [0.05, 0.1) is 11.9 Å². The Hall–Kier alpha value is -3.75. The van der Waals surface area contributed by atoms with Gasteiger partial charge in [-0.3, -0.25) is 9.78 Å². The number of nitrogens with one attached hydrogen (secondary N) is 2. The van der Waals surface area contributed by atoms with Crippen LogP contribution in [-0.4, -0.2) is 44.1 Å². The summed E-state index contributed by atoms with van der Waals surface area (Å²) in [6, 6.07) is 7.69. The maximum atomic E-state index is 12.7. The maximum absolute atomic E-state index is 12.7. The summed E-state index contributed by atoms with van der Waals surface area (Å²) in [5.41, 5.74) is 2.87. The molecule has 0 aromatic carbocycles. The Bertz CT molecular complexity index is 1150. The summed E-state index contributed by atoms with van der Waals surface area (Å²) in [6.07, 6.45) is 6.46. The first-order chi connectivity index (χ1) is 14.3. The Kier molecular flexibility index (Phi) is 4.39. The number of carbonyl (C=O) groups excluding carboxylic acids is 1. The average Bonchev–Trinajstić information content (AvgIpc) is 3.40. The van der Waals surface area contributed by atoms with E-state index >= 15 is 0 Å². The number of carbonyl (C=O) groups is 1. The fourth-order valence-corrected chi connectivity index (χ4v) is 3.61. The number of pyridine rings is 1. The van der Waals surface area contributed by atoms with Crippen molar-refractivity contribution in [3.63, 3.8) is 0 Å². The molecule has 0 unspecified atom stereocenters. The SMILES string of the molecule is O=C(NCCc1ccccn1)c1noc2c1CN(c1ncnc3[nH]ccc13)CC2. The molecule has 0 atom stereocenters. The van der Waals surface area contributed by atoms with Crippen LogP contribution in [0.5, 0.6) is 0 Å². The number of fused-ring (bicyclic) bond motifs is 2. The van der Waals surface area contributed by atoms with E-state index in [9.17, 15) is 4.79 Å². The van der Waals surface area contributed by atoms with Crippen LogP contribution < -0.4 is 10.2 Å². The van der Waals surface area contributed by atoms with Crippen molar-refractivity contribution in [2.24, 2.45) is 0 Å². The second-order valence-corrected chi connectivity index (χ2v) is 6.87. The normalized spacial score (nSPS) is 13.4. The highest BCUT2D eigenvalue weighted by atomic mass is 16.5. The zero-order valence-electron chi connectivity index (χ0n) is 15.6. The minimum atomic E-state index is -0.234. The molecular formula is C20H19N7O2. The third kappa shape index (κ3) is 3.31. The first-order valence-corrected chi connectivity index (χ1v) is 9.48. The van der Waals surface area contributed by atoms with Gasteiger partial charge in [-0.2, -0.15) is 0 Å². The van der Waals surface area contributed by atoms with Crippen molar-refractivity contribution in [1.82, 2.24) is 30.4 Å². The molecule has 0 bridgehead atoms. The van der Waals surface area contributed by atoms with Gasteiger partial charge in [0, 0.05) is 49.6 Å². The van der Waals surface area contributed by atoms with Gasteiger partial charge in [0.15, 0.2) is 5.69 Å². The van der Waals surface area contributed by atoms with Gasteiger partial charge >= 0.3 is 0 Å². The van der Waals surface area contributed by atoms with Crippen LogP contribution in [0.15, 0.2) is 47.5 Å². The molecule has 2 N–H and O–H groups in total. The van der Waals surface area contributed by atoms with Gasteiger partial charge in [0.2, 0.25) is 0 Å². The molecule has 1 aliphatic heterocycles. The zero-order valence-corrected chi connectivity index (χ0v) is 15.6. The lowest BCUT2D eigenvalue weighted by Gasteiger charge is -2.27. The van der Waals surface area contributed by atoms with Gasteiger partial charge in [-0.25, -0.2) is 9.97 Å². The summed E-state index contributed by atoms with van der Waals surface area (Å²) in [6.45, 7) is 1.73. The summed E-state index contributed by atoms with van der Waals surface area (Å²) >= 11 is 0. The summed E-state index contributed by atoms with van der Waals surface area (Å²) < 4.78 is 5.44. The molecule has 0 aliphatic carbocycles. The van der Waals surface area contributed by atoms with E-state index in [4.69, 9.17) is 4.52 Å². The Morgan fingerprint density at radius 3 is 3.10 bits per heavy atom. The molecule has 9 heteroatoms. The van der Waals surface area contributed by atoms with Crippen molar-refractivity contribution >= 4 is 22.8 Å². The molecule has 0 saturated carbocycles. The van der Waals surface area contributed by atoms with E-state index in [0.29, 0.717) is 31.6 Å². The number of rotatable bonds is 5. The Balaban J connectivity index is 1.32. The van der Waals surface area contributed by atoms with E-state index < -0.39 is 0 Å². The summed E-state index contributed by atoms with van der Waals surface area (Å²) in [5, 5.41) is 7.90. The highest BCUT2D eigenvalue weighted by Gasteiger charge is 2.28. The fourth-order valence-electron chi connectivity index (χ4n) is 3.61. The van der Waals surface area contributed by atoms with Crippen molar-refractivity contribution in [2.75, 3.05) is 18.0 Å². The van der Waals surface area contributed by atoms with Crippen LogP contribution in [0.1, 0.15) is 27.5 Å². The molecule has 5 heterocycles. The Labute approximate surface area is 166 Å². The van der Waals surface area contributed by atoms with Gasteiger partial charge in [-0.15, -0.1) is 0 Å². The van der Waals surface area contributed by atoms with Crippen LogP contribution >= 0.6 is 0 Å². The maximum Gasteiger partial charge on any atom is 0.273 e. The number of hydrogen-bond acceptors (Lipinski definition) is 7. The molecule has 4 aromatic heterocycles. The van der Waals surface area contributed by atoms with E-state index in [0.717, 1.165) is 40.4 Å². The van der Waals surface area contributed by atoms with Crippen LogP contribution in [0.4, 0.5) is 5.82 Å². The molecule has 1 aliphatic rings. The third-order valence-electron chi connectivity index (χ3n) is 5.07. The predicted molar refractivity (Wildman–Crippen MR) is 105 cm³/mol. The monoisotopic (exact) mass is 389 g/mol. The number of aromatic amines is 1. The Morgan fingerprint density at radius 1 is 1.24 bits per heavy atom. The van der Waals surface area contributed by atoms with Gasteiger partial charge in [-0.05, 0) is 18.2 Å². The quantitative estimate of drug-likeness (QED) is 0.536. The van der Waals surface area contributed by atoms with Crippen LogP contribution in [0.3, 0.4) is 0 Å². The number of amides is 1. The predicted octanol–water partition coefficient (Wildman–Crippen LogP) is 1.88. The number of hydrogen-bond donors (Lipinski definition) is 2. The minimum absolute atomic E-state index is 0.234. The van der Waals surface area contributed by atoms with Crippen molar-refractivity contribution in [2.45, 2.75) is 19.4 Å². The average molecular weight is 389 g/mol. The molecule has 4 aromatic rings. The van der Waals surface area contributed by atoms with Crippen LogP contribution in [0, 0.1) is 0 Å². The van der Waals surface area contributed by atoms with Gasteiger partial charge in [0.1, 0.15) is 23.6 Å². The van der Waals surface area contributed by atoms with Crippen molar-refractivity contribution in [1.29, 1.82) is 0 Å². The molecule has 146 valence electrons. The first-order valence-electron chi connectivity index (χ1n) is 9.48. The van der Waals surface area contributed by atoms with E-state index in [1.165, 1.54) is 0 Å². The van der Waals surface area contributed by atoms with E-state index in [1.807, 2.05) is 30.5 Å². The molecule has 29 heavy (non-hydrogen) atoms. The summed E-state index contributed by atoms with van der Waals surface area (Å²) in [4.78, 5) is 30.9. The molecule has 0 saturated heterocycles. The molecule has 9 nitrogen and oxygen atoms in total. The van der Waals surface area contributed by atoms with Crippen molar-refractivity contribution in [3.8, 4) is 0 Å². The number of H-pyrrole nitrogens is 1. The van der Waals surface area contributed by atoms with E-state index in [2.05, 4.69) is 35.3 Å². The lowest BCUT2D eigenvalue weighted by atomic mass is 10.1. The van der Waals surface area contributed by atoms with Crippen LogP contribution in [0.25, 0.3) is 11.0 Å². The number of anilines is 1. The second-order valence-electron chi connectivity index (χ2n) is 6.87. The van der Waals surface area contributed by atoms with Gasteiger partial charge in [-0.1, -0.05) is 11.2 Å². The highest BCUT2D eigenvalue weighted by molar-refractivity contribution is 5.94. The van der Waals surface area contributed by atoms with Gasteiger partial charge < -0.3 is 19.7 Å². The lowest BCUT2D eigenvalue weighted by molar-refractivity contribution is 0.0944. The number of nitrogens with zero attached hydrogens (tertiary/aromatic N) is 5. The van der Waals surface area contributed by atoms with Crippen LogP contribution in [0.2, 0.25) is 0 Å². The minimum Gasteiger partial charge on any atom is -0.360 e. The smallest absolute Gasteiger partial charge is 0.273 e. The van der Waals surface area contributed by atoms with Crippen molar-refractivity contribution in [3.05, 3.63) is 65.7 Å². The molecule has 1 amide bonds. The second kappa shape index (κ2) is 7.34. The molecule has 5 rings (SSSR count). The van der Waals surface area contributed by atoms with Crippen molar-refractivity contribution < 1.29 is 9.32 Å². The molecule has 0 fully saturated rings.